The Morgan fingerprint density at radius 1 is 1.14 bits per heavy atom. The van der Waals surface area contributed by atoms with Gasteiger partial charge >= 0.3 is 0 Å². The monoisotopic (exact) mass is 274 g/mol. The van der Waals surface area contributed by atoms with Crippen molar-refractivity contribution in [3.8, 4) is 11.8 Å². The number of nitrogens with zero attached hydrogens (tertiary/aromatic N) is 1. The van der Waals surface area contributed by atoms with E-state index >= 15 is 0 Å². The highest BCUT2D eigenvalue weighted by atomic mass is 16.5. The van der Waals surface area contributed by atoms with Gasteiger partial charge in [-0.1, -0.05) is 30.0 Å². The summed E-state index contributed by atoms with van der Waals surface area (Å²) in [5, 5.41) is 8.82. The van der Waals surface area contributed by atoms with Crippen LogP contribution in [0.4, 0.5) is 5.69 Å². The Morgan fingerprint density at radius 2 is 1.90 bits per heavy atom. The fourth-order valence-corrected chi connectivity index (χ4v) is 2.03. The first kappa shape index (κ1) is 12.9. The number of nitrogens with one attached hydrogen (secondary N) is 1. The fourth-order valence-electron chi connectivity index (χ4n) is 2.03. The maximum atomic E-state index is 11.7. The van der Waals surface area contributed by atoms with E-state index < -0.39 is 5.91 Å². The van der Waals surface area contributed by atoms with Crippen LogP contribution in [-0.4, -0.2) is 17.0 Å². The summed E-state index contributed by atoms with van der Waals surface area (Å²) in [5.41, 5.74) is 4.74. The lowest BCUT2D eigenvalue weighted by atomic mass is 10.0. The van der Waals surface area contributed by atoms with Crippen LogP contribution in [0.5, 0.6) is 0 Å². The molecular weight excluding hydrogens is 264 g/mol. The van der Waals surface area contributed by atoms with Crippen molar-refractivity contribution in [3.63, 3.8) is 0 Å². The zero-order valence-corrected chi connectivity index (χ0v) is 10.9. The average molecular weight is 274 g/mol. The Labute approximate surface area is 121 Å². The van der Waals surface area contributed by atoms with Gasteiger partial charge in [0, 0.05) is 22.8 Å². The number of hydrogen-bond acceptors (Lipinski definition) is 3. The zero-order valence-electron chi connectivity index (χ0n) is 10.9. The Hall–Kier alpha value is -3.12. The molecule has 0 bridgehead atoms. The minimum atomic E-state index is -0.593. The van der Waals surface area contributed by atoms with Crippen molar-refractivity contribution in [2.75, 3.05) is 0 Å². The SMILES string of the molecule is O=C(NO)c1cc(C#Cc2ccccc2)cc2c1C=C=N2. The van der Waals surface area contributed by atoms with Gasteiger partial charge in [0.15, 0.2) is 0 Å². The minimum absolute atomic E-state index is 0.320. The highest BCUT2D eigenvalue weighted by Crippen LogP contribution is 2.28. The molecular formula is C17H10N2O2. The number of fused-ring (bicyclic) bond motifs is 1. The number of hydroxylamine groups is 1. The molecule has 2 N–H and O–H groups in total. The van der Waals surface area contributed by atoms with E-state index in [9.17, 15) is 4.79 Å². The lowest BCUT2D eigenvalue weighted by molar-refractivity contribution is 0.0706. The predicted molar refractivity (Wildman–Crippen MR) is 79.7 cm³/mol. The smallest absolute Gasteiger partial charge is 0.275 e. The molecule has 3 rings (SSSR count). The maximum absolute atomic E-state index is 11.7. The Morgan fingerprint density at radius 3 is 2.67 bits per heavy atom. The number of rotatable bonds is 1. The largest absolute Gasteiger partial charge is 0.288 e. The minimum Gasteiger partial charge on any atom is -0.288 e. The van der Waals surface area contributed by atoms with E-state index in [1.165, 1.54) is 0 Å². The molecule has 1 amide bonds. The number of benzene rings is 2. The van der Waals surface area contributed by atoms with Crippen molar-refractivity contribution in [2.24, 2.45) is 4.99 Å². The standard InChI is InChI=1S/C17H10N2O2/c20-17(19-21)15-10-13(11-16-14(15)8-9-18-16)7-6-12-4-2-1-3-5-12/h1-5,8,10-11,21H,(H,19,20). The average Bonchev–Trinajstić information content (AvgIpc) is 3.00. The molecule has 0 radical (unpaired) electrons. The number of carbonyl (C=O) groups is 1. The molecule has 0 spiro atoms. The van der Waals surface area contributed by atoms with Crippen LogP contribution < -0.4 is 5.48 Å². The summed E-state index contributed by atoms with van der Waals surface area (Å²) in [5.74, 6) is 8.12. The second-order valence-electron chi connectivity index (χ2n) is 4.40. The lowest BCUT2D eigenvalue weighted by Crippen LogP contribution is -2.19. The topological polar surface area (TPSA) is 61.7 Å². The molecule has 0 unspecified atom stereocenters. The molecule has 0 saturated heterocycles. The van der Waals surface area contributed by atoms with Crippen LogP contribution in [0.15, 0.2) is 47.5 Å². The predicted octanol–water partition coefficient (Wildman–Crippen LogP) is 2.53. The molecule has 2 aromatic rings. The van der Waals surface area contributed by atoms with Crippen LogP contribution in [0, 0.1) is 11.8 Å². The van der Waals surface area contributed by atoms with E-state index in [-0.39, 0.29) is 0 Å². The van der Waals surface area contributed by atoms with Gasteiger partial charge in [-0.15, -0.1) is 0 Å². The Kier molecular flexibility index (Phi) is 3.36. The van der Waals surface area contributed by atoms with E-state index in [1.54, 1.807) is 23.7 Å². The van der Waals surface area contributed by atoms with Gasteiger partial charge in [0.2, 0.25) is 0 Å². The molecule has 4 nitrogen and oxygen atoms in total. The number of aliphatic imine (C=N–C) groups is 1. The molecule has 4 heteroatoms. The molecule has 0 saturated carbocycles. The van der Waals surface area contributed by atoms with Gasteiger partial charge in [-0.2, -0.15) is 0 Å². The third-order valence-electron chi connectivity index (χ3n) is 3.02. The molecule has 0 fully saturated rings. The van der Waals surface area contributed by atoms with Gasteiger partial charge in [0.25, 0.3) is 5.91 Å². The maximum Gasteiger partial charge on any atom is 0.275 e. The van der Waals surface area contributed by atoms with E-state index in [0.717, 1.165) is 5.56 Å². The molecule has 1 aliphatic heterocycles. The molecule has 0 atom stereocenters. The van der Waals surface area contributed by atoms with E-state index in [4.69, 9.17) is 5.21 Å². The van der Waals surface area contributed by atoms with E-state index in [2.05, 4.69) is 22.7 Å². The lowest BCUT2D eigenvalue weighted by Gasteiger charge is -2.05. The van der Waals surface area contributed by atoms with Crippen molar-refractivity contribution < 1.29 is 10.0 Å². The first-order valence-electron chi connectivity index (χ1n) is 6.27. The van der Waals surface area contributed by atoms with Gasteiger partial charge in [0.05, 0.1) is 11.3 Å². The summed E-state index contributed by atoms with van der Waals surface area (Å²) < 4.78 is 0. The van der Waals surface area contributed by atoms with Gasteiger partial charge in [-0.05, 0) is 30.1 Å². The van der Waals surface area contributed by atoms with Gasteiger partial charge in [-0.3, -0.25) is 10.0 Å². The molecule has 2 aromatic carbocycles. The molecule has 21 heavy (non-hydrogen) atoms. The number of amides is 1. The summed E-state index contributed by atoms with van der Waals surface area (Å²) in [6, 6.07) is 13.0. The molecule has 1 aliphatic rings. The summed E-state index contributed by atoms with van der Waals surface area (Å²) in [4.78, 5) is 15.8. The molecule has 0 aromatic heterocycles. The second-order valence-corrected chi connectivity index (χ2v) is 4.40. The van der Waals surface area contributed by atoms with Crippen LogP contribution in [0.3, 0.4) is 0 Å². The van der Waals surface area contributed by atoms with Crippen LogP contribution >= 0.6 is 0 Å². The van der Waals surface area contributed by atoms with Gasteiger partial charge in [0.1, 0.15) is 0 Å². The Balaban J connectivity index is 2.04. The molecule has 1 heterocycles. The normalized spacial score (nSPS) is 10.7. The van der Waals surface area contributed by atoms with Crippen molar-refractivity contribution in [2.45, 2.75) is 0 Å². The quantitative estimate of drug-likeness (QED) is 0.407. The summed E-state index contributed by atoms with van der Waals surface area (Å²) in [6.07, 6.45) is 1.61. The molecule has 100 valence electrons. The van der Waals surface area contributed by atoms with Crippen molar-refractivity contribution in [1.82, 2.24) is 5.48 Å². The van der Waals surface area contributed by atoms with Crippen molar-refractivity contribution >= 4 is 23.5 Å². The second kappa shape index (κ2) is 5.48. The number of carbonyl (C=O) groups excluding carboxylic acids is 1. The van der Waals surface area contributed by atoms with Crippen LogP contribution in [-0.2, 0) is 0 Å². The first-order chi connectivity index (χ1) is 10.3. The third-order valence-corrected chi connectivity index (χ3v) is 3.02. The summed E-state index contributed by atoms with van der Waals surface area (Å²) in [6.45, 7) is 0. The highest BCUT2D eigenvalue weighted by Gasteiger charge is 2.16. The van der Waals surface area contributed by atoms with Crippen LogP contribution in [0.25, 0.3) is 6.08 Å². The first-order valence-corrected chi connectivity index (χ1v) is 6.27. The zero-order chi connectivity index (χ0) is 14.7. The third kappa shape index (κ3) is 2.60. The van der Waals surface area contributed by atoms with E-state index in [0.29, 0.717) is 22.4 Å². The van der Waals surface area contributed by atoms with Crippen LogP contribution in [0.1, 0.15) is 27.0 Å². The van der Waals surface area contributed by atoms with Crippen LogP contribution in [0.2, 0.25) is 0 Å². The summed E-state index contributed by atoms with van der Waals surface area (Å²) >= 11 is 0. The van der Waals surface area contributed by atoms with Crippen molar-refractivity contribution in [1.29, 1.82) is 0 Å². The molecule has 0 aliphatic carbocycles. The Bertz CT molecular complexity index is 836. The van der Waals surface area contributed by atoms with Crippen molar-refractivity contribution in [3.05, 3.63) is 64.7 Å². The van der Waals surface area contributed by atoms with Gasteiger partial charge < -0.3 is 0 Å². The highest BCUT2D eigenvalue weighted by molar-refractivity contribution is 6.04. The van der Waals surface area contributed by atoms with E-state index in [1.807, 2.05) is 30.3 Å². The number of hydrogen-bond donors (Lipinski definition) is 2. The fraction of sp³-hybridized carbons (Fsp3) is 0. The van der Waals surface area contributed by atoms with Gasteiger partial charge in [-0.25, -0.2) is 10.5 Å². The summed E-state index contributed by atoms with van der Waals surface area (Å²) in [7, 11) is 0.